The third-order valence-electron chi connectivity index (χ3n) is 8.06. The van der Waals surface area contributed by atoms with Gasteiger partial charge in [0.1, 0.15) is 0 Å². The van der Waals surface area contributed by atoms with Gasteiger partial charge in [0, 0.05) is 12.5 Å². The molecule has 0 spiro atoms. The molecule has 0 saturated heterocycles. The van der Waals surface area contributed by atoms with Crippen molar-refractivity contribution >= 4 is 5.97 Å². The Bertz CT molecular complexity index is 756. The number of hydrogen-bond donors (Lipinski definition) is 1. The fraction of sp³-hybridized carbons (Fsp3) is 0.750. The molecule has 0 unspecified atom stereocenters. The van der Waals surface area contributed by atoms with Crippen LogP contribution in [-0.4, -0.2) is 35.1 Å². The van der Waals surface area contributed by atoms with Crippen molar-refractivity contribution in [2.24, 2.45) is 17.8 Å². The lowest BCUT2D eigenvalue weighted by Crippen LogP contribution is -2.45. The van der Waals surface area contributed by atoms with Gasteiger partial charge in [-0.15, -0.1) is 0 Å². The average molecular weight is 482 g/mol. The first-order valence-corrected chi connectivity index (χ1v) is 13.3. The largest absolute Gasteiger partial charge is 0.481 e. The number of halogens is 3. The number of benzene rings is 1. The molecule has 1 aromatic rings. The number of aliphatic carboxylic acids is 1. The highest BCUT2D eigenvalue weighted by molar-refractivity contribution is 5.67. The van der Waals surface area contributed by atoms with Gasteiger partial charge < -0.3 is 5.11 Å². The van der Waals surface area contributed by atoms with Gasteiger partial charge >= 0.3 is 12.1 Å². The summed E-state index contributed by atoms with van der Waals surface area (Å²) in [5.41, 5.74) is 0.292. The highest BCUT2D eigenvalue weighted by Crippen LogP contribution is 2.42. The number of rotatable bonds is 10. The molecular weight excluding hydrogens is 439 g/mol. The Morgan fingerprint density at radius 2 is 1.68 bits per heavy atom. The van der Waals surface area contributed by atoms with E-state index in [9.17, 15) is 23.1 Å². The molecule has 2 aliphatic carbocycles. The molecule has 0 amide bonds. The molecule has 192 valence electrons. The average Bonchev–Trinajstić information content (AvgIpc) is 2.79. The second kappa shape index (κ2) is 12.4. The first-order chi connectivity index (χ1) is 16.1. The van der Waals surface area contributed by atoms with Crippen LogP contribution in [0.2, 0.25) is 0 Å². The summed E-state index contributed by atoms with van der Waals surface area (Å²) < 4.78 is 39.5. The molecule has 1 N–H and O–H groups in total. The lowest BCUT2D eigenvalue weighted by Gasteiger charge is -2.43. The molecule has 3 rings (SSSR count). The molecule has 0 heterocycles. The molecular formula is C28H42F3NO2. The van der Waals surface area contributed by atoms with Gasteiger partial charge in [-0.2, -0.15) is 13.2 Å². The molecule has 0 aliphatic heterocycles. The Labute approximate surface area is 203 Å². The SMILES string of the molecule is CC(C)CCN(CCC1CCCCC1)[C@@H]1CC[C@@H](CC(=O)O)C[C@H]1c1ccc(C(F)(F)F)cc1. The van der Waals surface area contributed by atoms with Crippen LogP contribution in [0.4, 0.5) is 13.2 Å². The van der Waals surface area contributed by atoms with E-state index in [1.807, 2.05) is 0 Å². The molecule has 3 nitrogen and oxygen atoms in total. The third kappa shape index (κ3) is 8.00. The quantitative estimate of drug-likeness (QED) is 0.371. The van der Waals surface area contributed by atoms with Gasteiger partial charge in [-0.25, -0.2) is 0 Å². The number of hydrogen-bond acceptors (Lipinski definition) is 2. The van der Waals surface area contributed by atoms with Crippen molar-refractivity contribution in [3.63, 3.8) is 0 Å². The lowest BCUT2D eigenvalue weighted by atomic mass is 9.72. The Morgan fingerprint density at radius 1 is 1.00 bits per heavy atom. The molecule has 2 saturated carbocycles. The van der Waals surface area contributed by atoms with E-state index in [-0.39, 0.29) is 24.3 Å². The minimum Gasteiger partial charge on any atom is -0.481 e. The van der Waals surface area contributed by atoms with Crippen molar-refractivity contribution in [3.05, 3.63) is 35.4 Å². The molecule has 3 atom stereocenters. The van der Waals surface area contributed by atoms with E-state index in [1.54, 1.807) is 12.1 Å². The van der Waals surface area contributed by atoms with E-state index in [0.717, 1.165) is 50.3 Å². The van der Waals surface area contributed by atoms with Crippen LogP contribution in [0.3, 0.4) is 0 Å². The summed E-state index contributed by atoms with van der Waals surface area (Å²) in [4.78, 5) is 14.0. The van der Waals surface area contributed by atoms with Crippen LogP contribution < -0.4 is 0 Å². The minimum absolute atomic E-state index is 0.0684. The Hall–Kier alpha value is -1.56. The minimum atomic E-state index is -4.35. The fourth-order valence-corrected chi connectivity index (χ4v) is 6.08. The molecule has 0 aromatic heterocycles. The predicted octanol–water partition coefficient (Wildman–Crippen LogP) is 7.75. The summed E-state index contributed by atoms with van der Waals surface area (Å²) in [5, 5.41) is 9.36. The number of carboxylic acid groups (broad SMARTS) is 1. The van der Waals surface area contributed by atoms with E-state index >= 15 is 0 Å². The van der Waals surface area contributed by atoms with Gasteiger partial charge in [0.15, 0.2) is 0 Å². The topological polar surface area (TPSA) is 40.5 Å². The van der Waals surface area contributed by atoms with Crippen molar-refractivity contribution in [2.75, 3.05) is 13.1 Å². The van der Waals surface area contributed by atoms with Gasteiger partial charge in [0.25, 0.3) is 0 Å². The monoisotopic (exact) mass is 481 g/mol. The van der Waals surface area contributed by atoms with Crippen LogP contribution in [0.1, 0.15) is 102 Å². The van der Waals surface area contributed by atoms with E-state index in [0.29, 0.717) is 5.92 Å². The van der Waals surface area contributed by atoms with E-state index in [1.165, 1.54) is 50.7 Å². The van der Waals surface area contributed by atoms with Crippen LogP contribution in [-0.2, 0) is 11.0 Å². The number of nitrogens with zero attached hydrogens (tertiary/aromatic N) is 1. The highest BCUT2D eigenvalue weighted by Gasteiger charge is 2.37. The second-order valence-electron chi connectivity index (χ2n) is 11.1. The van der Waals surface area contributed by atoms with Crippen molar-refractivity contribution in [3.8, 4) is 0 Å². The molecule has 2 aliphatic rings. The first kappa shape index (κ1) is 27.0. The van der Waals surface area contributed by atoms with Crippen LogP contribution in [0, 0.1) is 17.8 Å². The van der Waals surface area contributed by atoms with Gasteiger partial charge in [-0.3, -0.25) is 9.69 Å². The van der Waals surface area contributed by atoms with Crippen LogP contribution in [0.25, 0.3) is 0 Å². The van der Waals surface area contributed by atoms with Gasteiger partial charge in [-0.1, -0.05) is 58.1 Å². The summed E-state index contributed by atoms with van der Waals surface area (Å²) in [6, 6.07) is 5.89. The zero-order valence-electron chi connectivity index (χ0n) is 20.8. The lowest BCUT2D eigenvalue weighted by molar-refractivity contribution is -0.139. The molecule has 1 aromatic carbocycles. The normalized spacial score (nSPS) is 24.6. The second-order valence-corrected chi connectivity index (χ2v) is 11.1. The highest BCUT2D eigenvalue weighted by atomic mass is 19.4. The van der Waals surface area contributed by atoms with E-state index in [4.69, 9.17) is 0 Å². The van der Waals surface area contributed by atoms with Crippen LogP contribution >= 0.6 is 0 Å². The summed E-state index contributed by atoms with van der Waals surface area (Å²) in [7, 11) is 0. The van der Waals surface area contributed by atoms with Crippen molar-refractivity contribution in [1.29, 1.82) is 0 Å². The maximum absolute atomic E-state index is 13.2. The number of carbonyl (C=O) groups is 1. The summed E-state index contributed by atoms with van der Waals surface area (Å²) >= 11 is 0. The maximum Gasteiger partial charge on any atom is 0.416 e. The van der Waals surface area contributed by atoms with Crippen molar-refractivity contribution in [2.45, 2.75) is 103 Å². The standard InChI is InChI=1S/C28H42F3NO2/c1-20(2)14-16-32(17-15-21-6-4-3-5-7-21)26-13-8-22(19-27(33)34)18-25(26)23-9-11-24(12-10-23)28(29,30)31/h9-12,20-22,25-26H,3-8,13-19H2,1-2H3,(H,33,34)/t22-,25+,26-/m1/s1. The summed E-state index contributed by atoms with van der Waals surface area (Å²) in [6.07, 6.45) is 7.20. The van der Waals surface area contributed by atoms with Gasteiger partial charge in [0.05, 0.1) is 5.56 Å². The van der Waals surface area contributed by atoms with E-state index < -0.39 is 17.7 Å². The zero-order chi connectivity index (χ0) is 24.7. The predicted molar refractivity (Wildman–Crippen MR) is 130 cm³/mol. The van der Waals surface area contributed by atoms with Gasteiger partial charge in [-0.05, 0) is 86.6 Å². The smallest absolute Gasteiger partial charge is 0.416 e. The molecule has 34 heavy (non-hydrogen) atoms. The Balaban J connectivity index is 1.81. The number of carboxylic acids is 1. The van der Waals surface area contributed by atoms with E-state index in [2.05, 4.69) is 18.7 Å². The fourth-order valence-electron chi connectivity index (χ4n) is 6.08. The van der Waals surface area contributed by atoms with Crippen molar-refractivity contribution < 1.29 is 23.1 Å². The Morgan fingerprint density at radius 3 is 2.26 bits per heavy atom. The zero-order valence-corrected chi connectivity index (χ0v) is 20.8. The number of alkyl halides is 3. The molecule has 2 fully saturated rings. The maximum atomic E-state index is 13.2. The van der Waals surface area contributed by atoms with Crippen molar-refractivity contribution in [1.82, 2.24) is 4.90 Å². The van der Waals surface area contributed by atoms with Gasteiger partial charge in [0.2, 0.25) is 0 Å². The van der Waals surface area contributed by atoms with Crippen LogP contribution in [0.15, 0.2) is 24.3 Å². The first-order valence-electron chi connectivity index (χ1n) is 13.3. The Kier molecular flexibility index (Phi) is 9.87. The summed E-state index contributed by atoms with van der Waals surface area (Å²) in [5.74, 6) is 0.724. The van der Waals surface area contributed by atoms with Crippen LogP contribution in [0.5, 0.6) is 0 Å². The third-order valence-corrected chi connectivity index (χ3v) is 8.06. The molecule has 6 heteroatoms. The molecule has 0 bridgehead atoms. The molecule has 0 radical (unpaired) electrons. The summed E-state index contributed by atoms with van der Waals surface area (Å²) in [6.45, 7) is 6.49.